The minimum absolute atomic E-state index is 0.197. The maximum atomic E-state index is 13.4. The molecule has 0 radical (unpaired) electrons. The van der Waals surface area contributed by atoms with E-state index in [1.54, 1.807) is 0 Å². The number of Topliss-reactive ketones (excluding diaryl/α,β-unsaturated/α-hetero) is 1. The average molecular weight is 375 g/mol. The molecule has 0 aliphatic rings. The molecule has 0 fully saturated rings. The smallest absolute Gasteiger partial charge is 0.222 e. The fourth-order valence-corrected chi connectivity index (χ4v) is 3.76. The molecular formula is C22H25N5O. The molecule has 2 aromatic heterocycles. The van der Waals surface area contributed by atoms with E-state index in [4.69, 9.17) is 5.73 Å². The van der Waals surface area contributed by atoms with Crippen LogP contribution in [-0.4, -0.2) is 24.9 Å². The number of hydrogen-bond donors (Lipinski definition) is 1. The second-order valence-electron chi connectivity index (χ2n) is 7.03. The molecule has 0 aliphatic carbocycles. The Hall–Kier alpha value is -2.99. The van der Waals surface area contributed by atoms with Crippen LogP contribution in [0.1, 0.15) is 49.2 Å². The van der Waals surface area contributed by atoms with Gasteiger partial charge < -0.3 is 14.9 Å². The number of hydrogen-bond acceptors (Lipinski definition) is 4. The van der Waals surface area contributed by atoms with Gasteiger partial charge in [-0.05, 0) is 37.1 Å². The number of nitrogens with zero attached hydrogens (tertiary/aromatic N) is 4. The molecule has 1 atom stereocenters. The summed E-state index contributed by atoms with van der Waals surface area (Å²) >= 11 is 0. The molecule has 1 unspecified atom stereocenters. The highest BCUT2D eigenvalue weighted by molar-refractivity contribution is 6.00. The quantitative estimate of drug-likeness (QED) is 0.494. The Labute approximate surface area is 164 Å². The number of ketones is 1. The Kier molecular flexibility index (Phi) is 4.96. The highest BCUT2D eigenvalue weighted by atomic mass is 16.1. The van der Waals surface area contributed by atoms with E-state index in [0.29, 0.717) is 11.6 Å². The van der Waals surface area contributed by atoms with Crippen molar-refractivity contribution >= 4 is 27.9 Å². The zero-order valence-electron chi connectivity index (χ0n) is 16.3. The number of rotatable bonds is 7. The largest absolute Gasteiger partial charge is 0.326 e. The maximum Gasteiger partial charge on any atom is 0.222 e. The highest BCUT2D eigenvalue weighted by Crippen LogP contribution is 2.24. The molecule has 4 aromatic rings. The lowest BCUT2D eigenvalue weighted by Crippen LogP contribution is -2.28. The van der Waals surface area contributed by atoms with Crippen molar-refractivity contribution in [3.63, 3.8) is 0 Å². The predicted octanol–water partition coefficient (Wildman–Crippen LogP) is 4.09. The third kappa shape index (κ3) is 2.99. The van der Waals surface area contributed by atoms with Crippen LogP contribution in [-0.2, 0) is 13.1 Å². The van der Waals surface area contributed by atoms with Crippen molar-refractivity contribution in [1.82, 2.24) is 19.1 Å². The molecule has 0 amide bonds. The summed E-state index contributed by atoms with van der Waals surface area (Å²) in [5.41, 5.74) is 10.1. The van der Waals surface area contributed by atoms with Crippen molar-refractivity contribution in [3.05, 3.63) is 60.2 Å². The van der Waals surface area contributed by atoms with Crippen LogP contribution in [0.15, 0.2) is 48.5 Å². The lowest BCUT2D eigenvalue weighted by atomic mass is 10.1. The molecule has 144 valence electrons. The molecule has 6 nitrogen and oxygen atoms in total. The number of para-hydroxylation sites is 4. The molecule has 0 aliphatic heterocycles. The number of nitrogens with two attached hydrogens (primary N) is 1. The summed E-state index contributed by atoms with van der Waals surface area (Å²) in [6.45, 7) is 5.68. The molecule has 0 saturated carbocycles. The number of benzene rings is 2. The molecule has 28 heavy (non-hydrogen) atoms. The molecule has 4 rings (SSSR count). The number of fused-ring (bicyclic) bond motifs is 2. The van der Waals surface area contributed by atoms with Gasteiger partial charge in [-0.3, -0.25) is 4.79 Å². The molecule has 6 heteroatoms. The minimum atomic E-state index is -0.855. The number of aromatic nitrogens is 4. The molecule has 0 bridgehead atoms. The van der Waals surface area contributed by atoms with Crippen molar-refractivity contribution in [2.45, 2.75) is 45.8 Å². The first kappa shape index (κ1) is 18.4. The van der Waals surface area contributed by atoms with E-state index in [1.165, 1.54) is 0 Å². The van der Waals surface area contributed by atoms with E-state index in [-0.39, 0.29) is 5.78 Å². The minimum Gasteiger partial charge on any atom is -0.326 e. The predicted molar refractivity (Wildman–Crippen MR) is 111 cm³/mol. The van der Waals surface area contributed by atoms with Crippen molar-refractivity contribution in [1.29, 1.82) is 0 Å². The van der Waals surface area contributed by atoms with E-state index in [1.807, 2.05) is 53.1 Å². The van der Waals surface area contributed by atoms with Crippen LogP contribution in [0.2, 0.25) is 0 Å². The van der Waals surface area contributed by atoms with Gasteiger partial charge in [0, 0.05) is 13.1 Å². The molecule has 2 heterocycles. The van der Waals surface area contributed by atoms with Gasteiger partial charge >= 0.3 is 0 Å². The van der Waals surface area contributed by atoms with Gasteiger partial charge in [-0.1, -0.05) is 38.1 Å². The lowest BCUT2D eigenvalue weighted by molar-refractivity contribution is 0.0942. The van der Waals surface area contributed by atoms with Crippen LogP contribution >= 0.6 is 0 Å². The molecule has 2 aromatic carbocycles. The standard InChI is InChI=1S/C22H25N5O/c1-3-13-26-17-11-7-5-9-15(17)24-21(26)19(23)20(28)22-25-16-10-6-8-12-18(16)27(22)14-4-2/h5-12,19H,3-4,13-14,23H2,1-2H3. The van der Waals surface area contributed by atoms with Gasteiger partial charge in [-0.25, -0.2) is 9.97 Å². The topological polar surface area (TPSA) is 78.7 Å². The fraction of sp³-hybridized carbons (Fsp3) is 0.318. The summed E-state index contributed by atoms with van der Waals surface area (Å²) in [7, 11) is 0. The number of carbonyl (C=O) groups is 1. The van der Waals surface area contributed by atoms with Crippen LogP contribution in [0, 0.1) is 0 Å². The van der Waals surface area contributed by atoms with Crippen LogP contribution < -0.4 is 5.73 Å². The molecule has 2 N–H and O–H groups in total. The van der Waals surface area contributed by atoms with Crippen LogP contribution in [0.3, 0.4) is 0 Å². The molecular weight excluding hydrogens is 350 g/mol. The number of aryl methyl sites for hydroxylation is 2. The fourth-order valence-electron chi connectivity index (χ4n) is 3.76. The van der Waals surface area contributed by atoms with Gasteiger partial charge in [0.15, 0.2) is 5.82 Å². The van der Waals surface area contributed by atoms with Crippen molar-refractivity contribution in [2.75, 3.05) is 0 Å². The average Bonchev–Trinajstić information content (AvgIpc) is 3.27. The SMILES string of the molecule is CCCn1c(C(=O)C(N)c2nc3ccccc3n2CCC)nc2ccccc21. The Morgan fingerprint density at radius 1 is 0.893 bits per heavy atom. The van der Waals surface area contributed by atoms with Crippen LogP contribution in [0.5, 0.6) is 0 Å². The van der Waals surface area contributed by atoms with Crippen LogP contribution in [0.25, 0.3) is 22.1 Å². The van der Waals surface area contributed by atoms with Gasteiger partial charge in [0.05, 0.1) is 22.1 Å². The third-order valence-corrected chi connectivity index (χ3v) is 5.01. The van der Waals surface area contributed by atoms with Crippen molar-refractivity contribution in [2.24, 2.45) is 5.73 Å². The van der Waals surface area contributed by atoms with Gasteiger partial charge in [0.2, 0.25) is 5.78 Å². The summed E-state index contributed by atoms with van der Waals surface area (Å²) in [6.07, 6.45) is 1.84. The zero-order chi connectivity index (χ0) is 19.7. The second kappa shape index (κ2) is 7.56. The first-order valence-electron chi connectivity index (χ1n) is 9.86. The second-order valence-corrected chi connectivity index (χ2v) is 7.03. The van der Waals surface area contributed by atoms with Gasteiger partial charge in [-0.2, -0.15) is 0 Å². The lowest BCUT2D eigenvalue weighted by Gasteiger charge is -2.14. The van der Waals surface area contributed by atoms with Crippen LogP contribution in [0.4, 0.5) is 0 Å². The van der Waals surface area contributed by atoms with Gasteiger partial charge in [-0.15, -0.1) is 0 Å². The Morgan fingerprint density at radius 3 is 2.07 bits per heavy atom. The zero-order valence-corrected chi connectivity index (χ0v) is 16.3. The summed E-state index contributed by atoms with van der Waals surface area (Å²) in [5.74, 6) is 0.811. The summed E-state index contributed by atoms with van der Waals surface area (Å²) in [4.78, 5) is 22.7. The first-order chi connectivity index (χ1) is 13.7. The van der Waals surface area contributed by atoms with Crippen molar-refractivity contribution in [3.8, 4) is 0 Å². The van der Waals surface area contributed by atoms with E-state index < -0.39 is 6.04 Å². The van der Waals surface area contributed by atoms with Crippen molar-refractivity contribution < 1.29 is 4.79 Å². The Morgan fingerprint density at radius 2 is 1.43 bits per heavy atom. The monoisotopic (exact) mass is 375 g/mol. The van der Waals surface area contributed by atoms with Gasteiger partial charge in [0.25, 0.3) is 0 Å². The van der Waals surface area contributed by atoms with E-state index in [2.05, 4.69) is 28.4 Å². The number of imidazole rings is 2. The van der Waals surface area contributed by atoms with E-state index in [9.17, 15) is 4.79 Å². The Balaban J connectivity index is 1.81. The normalized spacial score (nSPS) is 12.7. The van der Waals surface area contributed by atoms with E-state index >= 15 is 0 Å². The third-order valence-electron chi connectivity index (χ3n) is 5.01. The Bertz CT molecular complexity index is 1140. The highest BCUT2D eigenvalue weighted by Gasteiger charge is 2.28. The van der Waals surface area contributed by atoms with E-state index in [0.717, 1.165) is 48.0 Å². The maximum absolute atomic E-state index is 13.4. The van der Waals surface area contributed by atoms with Gasteiger partial charge in [0.1, 0.15) is 11.9 Å². The molecule has 0 saturated heterocycles. The first-order valence-corrected chi connectivity index (χ1v) is 9.86. The summed E-state index contributed by atoms with van der Waals surface area (Å²) in [5, 5.41) is 0. The summed E-state index contributed by atoms with van der Waals surface area (Å²) < 4.78 is 4.04. The summed E-state index contributed by atoms with van der Waals surface area (Å²) in [6, 6.07) is 14.9. The number of carbonyl (C=O) groups excluding carboxylic acids is 1. The molecule has 0 spiro atoms.